The minimum atomic E-state index is -1.43. The number of hydrogen-bond acceptors (Lipinski definition) is 4. The van der Waals surface area contributed by atoms with E-state index in [1.54, 1.807) is 43.6 Å². The first-order valence-electron chi connectivity index (χ1n) is 10.0. The monoisotopic (exact) mass is 420 g/mol. The van der Waals surface area contributed by atoms with Crippen LogP contribution in [0.4, 0.5) is 8.78 Å². The van der Waals surface area contributed by atoms with Gasteiger partial charge in [0.2, 0.25) is 0 Å². The van der Waals surface area contributed by atoms with Crippen molar-refractivity contribution in [1.29, 1.82) is 0 Å². The van der Waals surface area contributed by atoms with Crippen LogP contribution < -0.4 is 5.73 Å². The molecule has 0 aliphatic carbocycles. The van der Waals surface area contributed by atoms with Gasteiger partial charge in [-0.15, -0.1) is 0 Å². The maximum Gasteiger partial charge on any atom is 0.266 e. The lowest BCUT2D eigenvalue weighted by atomic mass is 9.81. The number of aryl methyl sites for hydroxylation is 1. The van der Waals surface area contributed by atoms with E-state index in [4.69, 9.17) is 5.73 Å². The average Bonchev–Trinajstić information content (AvgIpc) is 3.01. The molecule has 0 saturated carbocycles. The minimum Gasteiger partial charge on any atom is -0.369 e. The lowest BCUT2D eigenvalue weighted by Crippen LogP contribution is -2.41. The highest BCUT2D eigenvalue weighted by molar-refractivity contribution is 6.09. The quantitative estimate of drug-likeness (QED) is 0.678. The summed E-state index contributed by atoms with van der Waals surface area (Å²) in [5.74, 6) is -1.34. The Balaban J connectivity index is 1.94. The number of benzene rings is 2. The van der Waals surface area contributed by atoms with E-state index in [2.05, 4.69) is 9.98 Å². The Labute approximate surface area is 179 Å². The van der Waals surface area contributed by atoms with E-state index in [0.29, 0.717) is 16.7 Å². The van der Waals surface area contributed by atoms with Gasteiger partial charge in [0, 0.05) is 24.5 Å². The largest absolute Gasteiger partial charge is 0.369 e. The summed E-state index contributed by atoms with van der Waals surface area (Å²) in [5.41, 5.74) is 7.13. The van der Waals surface area contributed by atoms with Crippen molar-refractivity contribution < 1.29 is 13.6 Å². The van der Waals surface area contributed by atoms with Crippen LogP contribution in [-0.2, 0) is 16.8 Å². The molecular formula is C24H22F2N4O. The second-order valence-electron chi connectivity index (χ2n) is 7.54. The normalized spacial score (nSPS) is 18.4. The van der Waals surface area contributed by atoms with Gasteiger partial charge in [0.15, 0.2) is 11.5 Å². The minimum absolute atomic E-state index is 0.0844. The summed E-state index contributed by atoms with van der Waals surface area (Å²) in [7, 11) is 1.56. The number of aliphatic imine (C=N–C) groups is 1. The molecule has 1 unspecified atom stereocenters. The first-order valence-corrected chi connectivity index (χ1v) is 10.0. The predicted molar refractivity (Wildman–Crippen MR) is 115 cm³/mol. The Kier molecular flexibility index (Phi) is 5.27. The van der Waals surface area contributed by atoms with Gasteiger partial charge in [0.25, 0.3) is 5.91 Å². The molecule has 7 heteroatoms. The molecule has 0 fully saturated rings. The first-order chi connectivity index (χ1) is 14.9. The number of rotatable bonds is 5. The van der Waals surface area contributed by atoms with E-state index in [1.807, 2.05) is 13.0 Å². The van der Waals surface area contributed by atoms with Gasteiger partial charge in [0.1, 0.15) is 11.6 Å². The third-order valence-electron chi connectivity index (χ3n) is 5.50. The number of pyridine rings is 1. The van der Waals surface area contributed by atoms with E-state index < -0.39 is 17.2 Å². The Bertz CT molecular complexity index is 1190. The zero-order valence-corrected chi connectivity index (χ0v) is 17.3. The Hall–Kier alpha value is -3.61. The van der Waals surface area contributed by atoms with Crippen LogP contribution in [0.25, 0.3) is 11.1 Å². The highest BCUT2D eigenvalue weighted by atomic mass is 19.1. The van der Waals surface area contributed by atoms with E-state index in [9.17, 15) is 13.6 Å². The number of nitrogens with zero attached hydrogens (tertiary/aromatic N) is 3. The van der Waals surface area contributed by atoms with Gasteiger partial charge in [-0.2, -0.15) is 0 Å². The maximum atomic E-state index is 14.4. The van der Waals surface area contributed by atoms with Gasteiger partial charge in [-0.25, -0.2) is 13.8 Å². The number of guanidine groups is 1. The molecule has 5 nitrogen and oxygen atoms in total. The van der Waals surface area contributed by atoms with Crippen molar-refractivity contribution in [3.05, 3.63) is 89.2 Å². The highest BCUT2D eigenvalue weighted by Gasteiger charge is 2.49. The molecule has 1 aliphatic heterocycles. The Morgan fingerprint density at radius 1 is 1.06 bits per heavy atom. The molecule has 2 heterocycles. The fourth-order valence-corrected chi connectivity index (χ4v) is 3.91. The summed E-state index contributed by atoms with van der Waals surface area (Å²) in [5, 5.41) is 0. The summed E-state index contributed by atoms with van der Waals surface area (Å²) < 4.78 is 28.2. The second kappa shape index (κ2) is 7.91. The van der Waals surface area contributed by atoms with Gasteiger partial charge in [-0.1, -0.05) is 31.5 Å². The molecule has 31 heavy (non-hydrogen) atoms. The van der Waals surface area contributed by atoms with Crippen molar-refractivity contribution in [2.75, 3.05) is 7.05 Å². The van der Waals surface area contributed by atoms with Crippen molar-refractivity contribution in [3.63, 3.8) is 0 Å². The fraction of sp³-hybridized carbons (Fsp3) is 0.208. The second-order valence-corrected chi connectivity index (χ2v) is 7.54. The van der Waals surface area contributed by atoms with Crippen LogP contribution in [0.2, 0.25) is 0 Å². The standard InChI is InChI=1S/C24H22F2N4O/c1-3-5-19-13-17(10-11-28-19)24(22(31)30(2)23(27)29-24)16-7-4-6-15(12-16)20-14-18(25)8-9-21(20)26/h4,6-14H,3,5H2,1-2H3,(H2,27,29). The molecule has 2 aromatic carbocycles. The summed E-state index contributed by atoms with van der Waals surface area (Å²) in [6, 6.07) is 13.6. The molecule has 2 N–H and O–H groups in total. The van der Waals surface area contributed by atoms with Gasteiger partial charge >= 0.3 is 0 Å². The Morgan fingerprint density at radius 2 is 1.84 bits per heavy atom. The van der Waals surface area contributed by atoms with E-state index in [0.717, 1.165) is 36.7 Å². The van der Waals surface area contributed by atoms with Crippen molar-refractivity contribution in [1.82, 2.24) is 9.88 Å². The number of likely N-dealkylation sites (N-methyl/N-ethyl adjacent to an activating group) is 1. The van der Waals surface area contributed by atoms with Crippen LogP contribution in [-0.4, -0.2) is 28.8 Å². The summed E-state index contributed by atoms with van der Waals surface area (Å²) in [6.07, 6.45) is 3.30. The molecule has 0 saturated heterocycles. The number of carbonyl (C=O) groups is 1. The summed E-state index contributed by atoms with van der Waals surface area (Å²) >= 11 is 0. The number of halogens is 2. The fourth-order valence-electron chi connectivity index (χ4n) is 3.91. The number of hydrogen-bond donors (Lipinski definition) is 1. The van der Waals surface area contributed by atoms with Crippen molar-refractivity contribution in [2.45, 2.75) is 25.3 Å². The molecule has 1 aromatic heterocycles. The third kappa shape index (κ3) is 3.46. The number of nitrogens with two attached hydrogens (primary N) is 1. The molecule has 0 spiro atoms. The molecule has 0 bridgehead atoms. The zero-order chi connectivity index (χ0) is 22.2. The molecule has 3 aromatic rings. The third-order valence-corrected chi connectivity index (χ3v) is 5.50. The van der Waals surface area contributed by atoms with Crippen molar-refractivity contribution in [3.8, 4) is 11.1 Å². The topological polar surface area (TPSA) is 71.6 Å². The van der Waals surface area contributed by atoms with Crippen LogP contribution in [0, 0.1) is 11.6 Å². The molecule has 158 valence electrons. The van der Waals surface area contributed by atoms with Gasteiger partial charge in [-0.3, -0.25) is 14.7 Å². The van der Waals surface area contributed by atoms with Gasteiger partial charge in [0.05, 0.1) is 0 Å². The molecular weight excluding hydrogens is 398 g/mol. The maximum absolute atomic E-state index is 14.4. The predicted octanol–water partition coefficient (Wildman–Crippen LogP) is 4.01. The lowest BCUT2D eigenvalue weighted by Gasteiger charge is -2.27. The first kappa shape index (κ1) is 20.7. The van der Waals surface area contributed by atoms with Gasteiger partial charge < -0.3 is 5.73 Å². The molecule has 0 radical (unpaired) electrons. The van der Waals surface area contributed by atoms with Crippen molar-refractivity contribution >= 4 is 11.9 Å². The van der Waals surface area contributed by atoms with Gasteiger partial charge in [-0.05, 0) is 59.5 Å². The van der Waals surface area contributed by atoms with Crippen LogP contribution in [0.3, 0.4) is 0 Å². The highest BCUT2D eigenvalue weighted by Crippen LogP contribution is 2.41. The lowest BCUT2D eigenvalue weighted by molar-refractivity contribution is -0.129. The van der Waals surface area contributed by atoms with E-state index >= 15 is 0 Å². The number of amides is 1. The molecule has 1 atom stereocenters. The number of aromatic nitrogens is 1. The Morgan fingerprint density at radius 3 is 2.55 bits per heavy atom. The summed E-state index contributed by atoms with van der Waals surface area (Å²) in [4.78, 5) is 23.7. The zero-order valence-electron chi connectivity index (χ0n) is 17.3. The molecule has 1 amide bonds. The molecule has 1 aliphatic rings. The van der Waals surface area contributed by atoms with Crippen LogP contribution >= 0.6 is 0 Å². The number of carbonyl (C=O) groups excluding carboxylic acids is 1. The summed E-state index contributed by atoms with van der Waals surface area (Å²) in [6.45, 7) is 2.05. The van der Waals surface area contributed by atoms with Crippen LogP contribution in [0.1, 0.15) is 30.2 Å². The smallest absolute Gasteiger partial charge is 0.266 e. The average molecular weight is 420 g/mol. The SMILES string of the molecule is CCCc1cc(C2(c3cccc(-c4cc(F)ccc4F)c3)N=C(N)N(C)C2=O)ccn1. The van der Waals surface area contributed by atoms with Crippen LogP contribution in [0.5, 0.6) is 0 Å². The van der Waals surface area contributed by atoms with E-state index in [1.165, 1.54) is 4.90 Å². The van der Waals surface area contributed by atoms with Crippen molar-refractivity contribution in [2.24, 2.45) is 10.7 Å². The van der Waals surface area contributed by atoms with E-state index in [-0.39, 0.29) is 17.4 Å². The van der Waals surface area contributed by atoms with Crippen LogP contribution in [0.15, 0.2) is 65.8 Å². The molecule has 4 rings (SSSR count).